The topological polar surface area (TPSA) is 60.7 Å². The third-order valence-electron chi connectivity index (χ3n) is 4.83. The van der Waals surface area contributed by atoms with Crippen molar-refractivity contribution in [3.8, 4) is 11.5 Å². The lowest BCUT2D eigenvalue weighted by Gasteiger charge is -2.13. The van der Waals surface area contributed by atoms with E-state index in [1.165, 1.54) is 6.07 Å². The molecule has 0 aliphatic heterocycles. The zero-order valence-corrected chi connectivity index (χ0v) is 16.4. The van der Waals surface area contributed by atoms with Crippen LogP contribution in [0.5, 0.6) is 11.5 Å². The summed E-state index contributed by atoms with van der Waals surface area (Å²) in [6, 6.07) is 22.6. The number of halogens is 2. The predicted molar refractivity (Wildman–Crippen MR) is 112 cm³/mol. The molecule has 0 spiro atoms. The van der Waals surface area contributed by atoms with E-state index >= 15 is 0 Å². The van der Waals surface area contributed by atoms with Gasteiger partial charge in [0.1, 0.15) is 18.1 Å². The molecule has 0 aliphatic carbocycles. The highest BCUT2D eigenvalue weighted by molar-refractivity contribution is 5.94. The van der Waals surface area contributed by atoms with Crippen LogP contribution in [0.4, 0.5) is 8.78 Å². The van der Waals surface area contributed by atoms with Gasteiger partial charge in [0.2, 0.25) is 0 Å². The van der Waals surface area contributed by atoms with Gasteiger partial charge in [0.05, 0.1) is 11.3 Å². The number of fused-ring (bicyclic) bond motifs is 1. The average molecular weight is 423 g/mol. The highest BCUT2D eigenvalue weighted by Gasteiger charge is 2.14. The van der Waals surface area contributed by atoms with Crippen LogP contribution in [0.2, 0.25) is 0 Å². The average Bonchev–Trinajstić information content (AvgIpc) is 3.09. The molecule has 158 valence electrons. The zero-order valence-electron chi connectivity index (χ0n) is 16.4. The van der Waals surface area contributed by atoms with E-state index in [-0.39, 0.29) is 17.9 Å². The van der Waals surface area contributed by atoms with E-state index in [1.807, 2.05) is 47.0 Å². The number of ether oxygens (including phenoxy) is 2. The molecule has 0 saturated heterocycles. The lowest BCUT2D eigenvalue weighted by atomic mass is 10.1. The van der Waals surface area contributed by atoms with E-state index < -0.39 is 12.6 Å². The second-order valence-electron chi connectivity index (χ2n) is 6.93. The van der Waals surface area contributed by atoms with Gasteiger partial charge in [0, 0.05) is 17.4 Å². The molecule has 0 amide bonds. The highest BCUT2D eigenvalue weighted by atomic mass is 19.3. The molecule has 1 aromatic heterocycles. The first-order valence-corrected chi connectivity index (χ1v) is 9.56. The standard InChI is InChI=1S/C24H19F2NO4/c25-24(26)31-21-8-4-5-16(11-21)14-27-19(15-30-20-6-2-1-3-7-20)13-18-12-17(23(28)29)9-10-22(18)27/h1-13,24H,14-15H2,(H,28,29). The molecule has 0 unspecified atom stereocenters. The smallest absolute Gasteiger partial charge is 0.387 e. The fourth-order valence-electron chi connectivity index (χ4n) is 3.44. The molecular weight excluding hydrogens is 404 g/mol. The normalized spacial score (nSPS) is 11.1. The van der Waals surface area contributed by atoms with Gasteiger partial charge in [-0.3, -0.25) is 0 Å². The zero-order chi connectivity index (χ0) is 21.8. The summed E-state index contributed by atoms with van der Waals surface area (Å²) >= 11 is 0. The number of para-hydroxylation sites is 1. The van der Waals surface area contributed by atoms with Crippen molar-refractivity contribution in [3.05, 3.63) is 95.7 Å². The number of hydrogen-bond donors (Lipinski definition) is 1. The second-order valence-corrected chi connectivity index (χ2v) is 6.93. The minimum atomic E-state index is -2.90. The summed E-state index contributed by atoms with van der Waals surface area (Å²) in [5.74, 6) is -0.217. The summed E-state index contributed by atoms with van der Waals surface area (Å²) < 4.78 is 37.5. The SMILES string of the molecule is O=C(O)c1ccc2c(c1)cc(COc1ccccc1)n2Cc1cccc(OC(F)F)c1. The van der Waals surface area contributed by atoms with Crippen LogP contribution in [0.15, 0.2) is 78.9 Å². The molecule has 3 aromatic carbocycles. The van der Waals surface area contributed by atoms with Crippen LogP contribution in [0.1, 0.15) is 21.6 Å². The van der Waals surface area contributed by atoms with E-state index in [1.54, 1.807) is 30.3 Å². The number of aromatic carboxylic acids is 1. The largest absolute Gasteiger partial charge is 0.487 e. The molecular formula is C24H19F2NO4. The van der Waals surface area contributed by atoms with Crippen molar-refractivity contribution < 1.29 is 28.2 Å². The van der Waals surface area contributed by atoms with Gasteiger partial charge in [0.15, 0.2) is 0 Å². The maximum Gasteiger partial charge on any atom is 0.387 e. The maximum absolute atomic E-state index is 12.6. The Hall–Kier alpha value is -3.87. The molecule has 1 N–H and O–H groups in total. The van der Waals surface area contributed by atoms with E-state index in [9.17, 15) is 18.7 Å². The highest BCUT2D eigenvalue weighted by Crippen LogP contribution is 2.25. The number of carbonyl (C=O) groups is 1. The summed E-state index contributed by atoms with van der Waals surface area (Å²) in [5.41, 5.74) is 2.59. The van der Waals surface area contributed by atoms with Gasteiger partial charge >= 0.3 is 12.6 Å². The number of aromatic nitrogens is 1. The Morgan fingerprint density at radius 3 is 2.45 bits per heavy atom. The Kier molecular flexibility index (Phi) is 5.84. The van der Waals surface area contributed by atoms with Crippen LogP contribution in [0.25, 0.3) is 10.9 Å². The number of nitrogens with zero attached hydrogens (tertiary/aromatic N) is 1. The van der Waals surface area contributed by atoms with Gasteiger partial charge in [-0.1, -0.05) is 30.3 Å². The van der Waals surface area contributed by atoms with E-state index in [4.69, 9.17) is 4.74 Å². The molecule has 1 heterocycles. The Morgan fingerprint density at radius 1 is 0.935 bits per heavy atom. The monoisotopic (exact) mass is 423 g/mol. The molecule has 0 aliphatic rings. The Bertz CT molecular complexity index is 1200. The van der Waals surface area contributed by atoms with Gasteiger partial charge in [-0.25, -0.2) is 4.79 Å². The number of benzene rings is 3. The number of hydrogen-bond acceptors (Lipinski definition) is 3. The molecule has 7 heteroatoms. The maximum atomic E-state index is 12.6. The van der Waals surface area contributed by atoms with Gasteiger partial charge in [-0.2, -0.15) is 8.78 Å². The first-order chi connectivity index (χ1) is 15.0. The molecule has 31 heavy (non-hydrogen) atoms. The van der Waals surface area contributed by atoms with E-state index in [0.29, 0.717) is 12.3 Å². The van der Waals surface area contributed by atoms with Crippen LogP contribution in [0, 0.1) is 0 Å². The number of carboxylic acids is 1. The Balaban J connectivity index is 1.69. The minimum Gasteiger partial charge on any atom is -0.487 e. The third-order valence-corrected chi connectivity index (χ3v) is 4.83. The van der Waals surface area contributed by atoms with Crippen LogP contribution in [-0.4, -0.2) is 22.3 Å². The summed E-state index contributed by atoms with van der Waals surface area (Å²) in [6.07, 6.45) is 0. The van der Waals surface area contributed by atoms with Crippen molar-refractivity contribution in [1.82, 2.24) is 4.57 Å². The second kappa shape index (κ2) is 8.87. The van der Waals surface area contributed by atoms with Crippen LogP contribution in [-0.2, 0) is 13.2 Å². The lowest BCUT2D eigenvalue weighted by molar-refractivity contribution is -0.0498. The van der Waals surface area contributed by atoms with Crippen LogP contribution >= 0.6 is 0 Å². The van der Waals surface area contributed by atoms with Crippen molar-refractivity contribution in [3.63, 3.8) is 0 Å². The number of alkyl halides is 2. The Labute approximate surface area is 177 Å². The van der Waals surface area contributed by atoms with Crippen LogP contribution < -0.4 is 9.47 Å². The van der Waals surface area contributed by atoms with Crippen LogP contribution in [0.3, 0.4) is 0 Å². The summed E-state index contributed by atoms with van der Waals surface area (Å²) in [6.45, 7) is -2.26. The van der Waals surface area contributed by atoms with Gasteiger partial charge in [0.25, 0.3) is 0 Å². The molecule has 4 rings (SSSR count). The molecule has 4 aromatic rings. The molecule has 0 bridgehead atoms. The number of carboxylic acid groups (broad SMARTS) is 1. The van der Waals surface area contributed by atoms with Crippen molar-refractivity contribution >= 4 is 16.9 Å². The van der Waals surface area contributed by atoms with Gasteiger partial charge in [-0.15, -0.1) is 0 Å². The summed E-state index contributed by atoms with van der Waals surface area (Å²) in [7, 11) is 0. The third kappa shape index (κ3) is 4.83. The summed E-state index contributed by atoms with van der Waals surface area (Å²) in [4.78, 5) is 11.4. The molecule has 5 nitrogen and oxygen atoms in total. The minimum absolute atomic E-state index is 0.0826. The predicted octanol–water partition coefficient (Wildman–Crippen LogP) is 5.57. The van der Waals surface area contributed by atoms with Crippen molar-refractivity contribution in [1.29, 1.82) is 0 Å². The van der Waals surface area contributed by atoms with Crippen molar-refractivity contribution in [2.45, 2.75) is 19.8 Å². The first kappa shape index (κ1) is 20.4. The van der Waals surface area contributed by atoms with E-state index in [2.05, 4.69) is 4.74 Å². The molecule has 0 atom stereocenters. The fourth-order valence-corrected chi connectivity index (χ4v) is 3.44. The fraction of sp³-hybridized carbons (Fsp3) is 0.125. The molecule has 0 radical (unpaired) electrons. The van der Waals surface area contributed by atoms with Crippen molar-refractivity contribution in [2.75, 3.05) is 0 Å². The summed E-state index contributed by atoms with van der Waals surface area (Å²) in [5, 5.41) is 10.1. The quantitative estimate of drug-likeness (QED) is 0.403. The number of rotatable bonds is 8. The lowest BCUT2D eigenvalue weighted by Crippen LogP contribution is -2.08. The van der Waals surface area contributed by atoms with E-state index in [0.717, 1.165) is 22.2 Å². The first-order valence-electron chi connectivity index (χ1n) is 9.56. The van der Waals surface area contributed by atoms with Gasteiger partial charge in [-0.05, 0) is 54.1 Å². The molecule has 0 saturated carbocycles. The molecule has 0 fully saturated rings. The van der Waals surface area contributed by atoms with Gasteiger partial charge < -0.3 is 19.1 Å². The Morgan fingerprint density at radius 2 is 1.71 bits per heavy atom. The van der Waals surface area contributed by atoms with Crippen molar-refractivity contribution in [2.24, 2.45) is 0 Å².